The van der Waals surface area contributed by atoms with Crippen LogP contribution < -0.4 is 21.1 Å². The molecule has 2 aromatic rings. The first-order chi connectivity index (χ1) is 15.0. The van der Waals surface area contributed by atoms with Gasteiger partial charge in [-0.15, -0.1) is 0 Å². The van der Waals surface area contributed by atoms with Crippen LogP contribution in [0.25, 0.3) is 0 Å². The maximum atomic E-state index is 13.7. The minimum absolute atomic E-state index is 0.0637. The van der Waals surface area contributed by atoms with Gasteiger partial charge in [0.15, 0.2) is 0 Å². The number of ether oxygens (including phenoxy) is 1. The molecule has 0 saturated carbocycles. The molecule has 2 aromatic carbocycles. The standard InChI is InChI=1S/C24H30N4O3/c1-17(29)27-24-10-12-26-15-21(24)22(18-6-3-2-4-7-18)28(16-24)23(30)19-8-5-9-20(14-19)31-13-11-25/h2-9,14,21-22,26H,10-13,15-16,25H2,1H3,(H,27,29)/t21-,22-,24-/m1/s1. The Bertz CT molecular complexity index is 935. The van der Waals surface area contributed by atoms with E-state index in [1.807, 2.05) is 41.3 Å². The molecule has 7 heteroatoms. The van der Waals surface area contributed by atoms with Crippen molar-refractivity contribution >= 4 is 11.8 Å². The zero-order chi connectivity index (χ0) is 21.8. The van der Waals surface area contributed by atoms with E-state index in [1.165, 1.54) is 0 Å². The lowest BCUT2D eigenvalue weighted by Crippen LogP contribution is -2.60. The number of hydrogen-bond donors (Lipinski definition) is 3. The second kappa shape index (κ2) is 9.08. The molecule has 3 atom stereocenters. The van der Waals surface area contributed by atoms with Gasteiger partial charge in [-0.2, -0.15) is 0 Å². The van der Waals surface area contributed by atoms with Crippen LogP contribution in [0.1, 0.15) is 35.3 Å². The van der Waals surface area contributed by atoms with Gasteiger partial charge in [-0.05, 0) is 36.7 Å². The van der Waals surface area contributed by atoms with Crippen LogP contribution in [0.2, 0.25) is 0 Å². The third-order valence-corrected chi connectivity index (χ3v) is 6.29. The average molecular weight is 423 g/mol. The molecule has 0 aromatic heterocycles. The summed E-state index contributed by atoms with van der Waals surface area (Å²) in [6.45, 7) is 4.38. The molecule has 0 aliphatic carbocycles. The molecule has 0 unspecified atom stereocenters. The molecule has 2 amide bonds. The number of benzene rings is 2. The summed E-state index contributed by atoms with van der Waals surface area (Å²) in [7, 11) is 0. The smallest absolute Gasteiger partial charge is 0.254 e. The van der Waals surface area contributed by atoms with Crippen molar-refractivity contribution in [3.8, 4) is 5.75 Å². The van der Waals surface area contributed by atoms with Gasteiger partial charge in [-0.25, -0.2) is 0 Å². The van der Waals surface area contributed by atoms with Gasteiger partial charge in [0.1, 0.15) is 12.4 Å². The lowest BCUT2D eigenvalue weighted by Gasteiger charge is -2.40. The Morgan fingerprint density at radius 3 is 2.77 bits per heavy atom. The molecular weight excluding hydrogens is 392 g/mol. The minimum Gasteiger partial charge on any atom is -0.492 e. The third kappa shape index (κ3) is 4.29. The molecule has 2 fully saturated rings. The van der Waals surface area contributed by atoms with E-state index in [4.69, 9.17) is 10.5 Å². The summed E-state index contributed by atoms with van der Waals surface area (Å²) in [5.41, 5.74) is 6.74. The second-order valence-corrected chi connectivity index (χ2v) is 8.35. The van der Waals surface area contributed by atoms with Gasteiger partial charge in [0, 0.05) is 38.0 Å². The van der Waals surface area contributed by atoms with Crippen LogP contribution in [0, 0.1) is 5.92 Å². The van der Waals surface area contributed by atoms with Crippen LogP contribution in [0.4, 0.5) is 0 Å². The number of piperidine rings is 1. The van der Waals surface area contributed by atoms with Gasteiger partial charge in [0.05, 0.1) is 11.6 Å². The SMILES string of the molecule is CC(=O)N[C@@]12CCNC[C@@H]1[C@@H](c1ccccc1)N(C(=O)c1cccc(OCCN)c1)C2. The lowest BCUT2D eigenvalue weighted by molar-refractivity contribution is -0.121. The number of carbonyl (C=O) groups is 2. The van der Waals surface area contributed by atoms with Crippen LogP contribution in [0.3, 0.4) is 0 Å². The fourth-order valence-electron chi connectivity index (χ4n) is 5.05. The zero-order valence-electron chi connectivity index (χ0n) is 17.8. The summed E-state index contributed by atoms with van der Waals surface area (Å²) in [6.07, 6.45) is 0.782. The van der Waals surface area contributed by atoms with Crippen LogP contribution in [-0.2, 0) is 4.79 Å². The van der Waals surface area contributed by atoms with E-state index in [0.717, 1.165) is 25.1 Å². The minimum atomic E-state index is -0.444. The zero-order valence-corrected chi connectivity index (χ0v) is 17.8. The van der Waals surface area contributed by atoms with Gasteiger partial charge in [-0.1, -0.05) is 36.4 Å². The molecular formula is C24H30N4O3. The molecule has 4 N–H and O–H groups in total. The summed E-state index contributed by atoms with van der Waals surface area (Å²) in [5.74, 6) is 0.576. The number of nitrogens with one attached hydrogen (secondary N) is 2. The van der Waals surface area contributed by atoms with Crippen LogP contribution in [-0.4, -0.2) is 55.0 Å². The normalized spacial score (nSPS) is 25.0. The fourth-order valence-corrected chi connectivity index (χ4v) is 5.05. The Balaban J connectivity index is 1.72. The predicted molar refractivity (Wildman–Crippen MR) is 119 cm³/mol. The first-order valence-electron chi connectivity index (χ1n) is 10.8. The van der Waals surface area contributed by atoms with Crippen molar-refractivity contribution in [2.75, 3.05) is 32.8 Å². The molecule has 2 saturated heterocycles. The number of amides is 2. The number of nitrogens with two attached hydrogens (primary N) is 1. The Hall–Kier alpha value is -2.90. The Morgan fingerprint density at radius 2 is 2.03 bits per heavy atom. The molecule has 0 radical (unpaired) electrons. The number of carbonyl (C=O) groups excluding carboxylic acids is 2. The van der Waals surface area contributed by atoms with Crippen LogP contribution in [0.15, 0.2) is 54.6 Å². The summed E-state index contributed by atoms with van der Waals surface area (Å²) < 4.78 is 5.62. The van der Waals surface area contributed by atoms with Crippen LogP contribution in [0.5, 0.6) is 5.75 Å². The Labute approximate surface area is 182 Å². The fraction of sp³-hybridized carbons (Fsp3) is 0.417. The van der Waals surface area contributed by atoms with Gasteiger partial charge < -0.3 is 26.0 Å². The van der Waals surface area contributed by atoms with Crippen molar-refractivity contribution in [1.82, 2.24) is 15.5 Å². The highest BCUT2D eigenvalue weighted by Gasteiger charge is 2.55. The number of hydrogen-bond acceptors (Lipinski definition) is 5. The molecule has 31 heavy (non-hydrogen) atoms. The molecule has 0 spiro atoms. The highest BCUT2D eigenvalue weighted by molar-refractivity contribution is 5.95. The molecule has 4 rings (SSSR count). The quantitative estimate of drug-likeness (QED) is 0.659. The van der Waals surface area contributed by atoms with Gasteiger partial charge >= 0.3 is 0 Å². The largest absolute Gasteiger partial charge is 0.492 e. The molecule has 2 aliphatic heterocycles. The topological polar surface area (TPSA) is 96.7 Å². The predicted octanol–water partition coefficient (Wildman–Crippen LogP) is 1.71. The second-order valence-electron chi connectivity index (χ2n) is 8.35. The monoisotopic (exact) mass is 422 g/mol. The molecule has 0 bridgehead atoms. The lowest BCUT2D eigenvalue weighted by atomic mass is 9.76. The summed E-state index contributed by atoms with van der Waals surface area (Å²) >= 11 is 0. The highest BCUT2D eigenvalue weighted by Crippen LogP contribution is 2.46. The van der Waals surface area contributed by atoms with E-state index < -0.39 is 5.54 Å². The maximum Gasteiger partial charge on any atom is 0.254 e. The molecule has 2 aliphatic rings. The van der Waals surface area contributed by atoms with Crippen molar-refractivity contribution in [2.45, 2.75) is 24.9 Å². The number of rotatable bonds is 6. The van der Waals surface area contributed by atoms with Crippen molar-refractivity contribution in [3.05, 3.63) is 65.7 Å². The van der Waals surface area contributed by atoms with Crippen molar-refractivity contribution in [3.63, 3.8) is 0 Å². The van der Waals surface area contributed by atoms with E-state index in [9.17, 15) is 9.59 Å². The van der Waals surface area contributed by atoms with Crippen LogP contribution >= 0.6 is 0 Å². The van der Waals surface area contributed by atoms with Gasteiger partial charge in [0.2, 0.25) is 5.91 Å². The van der Waals surface area contributed by atoms with Crippen molar-refractivity contribution in [1.29, 1.82) is 0 Å². The maximum absolute atomic E-state index is 13.7. The Morgan fingerprint density at radius 1 is 1.23 bits per heavy atom. The summed E-state index contributed by atoms with van der Waals surface area (Å²) in [6, 6.07) is 17.2. The first kappa shape index (κ1) is 21.3. The number of fused-ring (bicyclic) bond motifs is 1. The summed E-state index contributed by atoms with van der Waals surface area (Å²) in [4.78, 5) is 27.8. The number of nitrogens with zero attached hydrogens (tertiary/aromatic N) is 1. The molecule has 7 nitrogen and oxygen atoms in total. The highest BCUT2D eigenvalue weighted by atomic mass is 16.5. The van der Waals surface area contributed by atoms with Crippen molar-refractivity contribution in [2.24, 2.45) is 11.7 Å². The van der Waals surface area contributed by atoms with Crippen molar-refractivity contribution < 1.29 is 14.3 Å². The first-order valence-corrected chi connectivity index (χ1v) is 10.8. The Kier molecular flexibility index (Phi) is 6.25. The van der Waals surface area contributed by atoms with E-state index in [-0.39, 0.29) is 23.8 Å². The van der Waals surface area contributed by atoms with E-state index >= 15 is 0 Å². The third-order valence-electron chi connectivity index (χ3n) is 6.29. The van der Waals surface area contributed by atoms with E-state index in [0.29, 0.717) is 31.0 Å². The van der Waals surface area contributed by atoms with Gasteiger partial charge in [-0.3, -0.25) is 9.59 Å². The van der Waals surface area contributed by atoms with E-state index in [1.54, 1.807) is 13.0 Å². The summed E-state index contributed by atoms with van der Waals surface area (Å²) in [5, 5.41) is 6.69. The average Bonchev–Trinajstić information content (AvgIpc) is 3.12. The number of likely N-dealkylation sites (tertiary alicyclic amines) is 1. The molecule has 164 valence electrons. The van der Waals surface area contributed by atoms with E-state index in [2.05, 4.69) is 22.8 Å². The molecule has 2 heterocycles. The van der Waals surface area contributed by atoms with Gasteiger partial charge in [0.25, 0.3) is 5.91 Å².